The van der Waals surface area contributed by atoms with Gasteiger partial charge in [0.2, 0.25) is 5.78 Å². The first kappa shape index (κ1) is 21.8. The Morgan fingerprint density at radius 3 is 2.27 bits per heavy atom. The van der Waals surface area contributed by atoms with Crippen LogP contribution in [0.1, 0.15) is 41.3 Å². The molecule has 0 bridgehead atoms. The largest absolute Gasteiger partial charge is 0.454 e. The van der Waals surface area contributed by atoms with Crippen molar-refractivity contribution < 1.29 is 27.5 Å². The second-order valence-corrected chi connectivity index (χ2v) is 7.47. The minimum absolute atomic E-state index is 0.255. The average Bonchev–Trinajstić information content (AvgIpc) is 2.73. The standard InChI is InChI=1S/C22H23F3N2O3/c1-14-3-5-16(6-4-14)20(28)15(2)30-21(29)17-9-11-27(12-10-17)19-8-7-18(13-26-19)22(23,24)25/h3-8,13,15,17H,9-12H2,1-2H3/t15-/m0/s1. The van der Waals surface area contributed by atoms with Crippen LogP contribution in [0.2, 0.25) is 0 Å². The topological polar surface area (TPSA) is 59.5 Å². The van der Waals surface area contributed by atoms with Crippen molar-refractivity contribution >= 4 is 17.6 Å². The number of halogens is 3. The molecule has 1 aromatic carbocycles. The fourth-order valence-corrected chi connectivity index (χ4v) is 3.36. The highest BCUT2D eigenvalue weighted by Crippen LogP contribution is 2.30. The van der Waals surface area contributed by atoms with E-state index in [1.165, 1.54) is 6.07 Å². The number of benzene rings is 1. The van der Waals surface area contributed by atoms with Crippen molar-refractivity contribution in [3.8, 4) is 0 Å². The number of aromatic nitrogens is 1. The maximum absolute atomic E-state index is 12.7. The Morgan fingerprint density at radius 2 is 1.73 bits per heavy atom. The van der Waals surface area contributed by atoms with Crippen LogP contribution in [0.15, 0.2) is 42.6 Å². The van der Waals surface area contributed by atoms with Crippen LogP contribution in [0.3, 0.4) is 0 Å². The molecule has 1 atom stereocenters. The number of ketones is 1. The van der Waals surface area contributed by atoms with Crippen LogP contribution in [0.5, 0.6) is 0 Å². The predicted octanol–water partition coefficient (Wildman–Crippen LogP) is 4.44. The summed E-state index contributed by atoms with van der Waals surface area (Å²) in [6.07, 6.45) is -3.53. The summed E-state index contributed by atoms with van der Waals surface area (Å²) in [6, 6.07) is 9.40. The molecule has 0 amide bonds. The molecule has 0 radical (unpaired) electrons. The molecule has 1 fully saturated rings. The number of rotatable bonds is 5. The van der Waals surface area contributed by atoms with Gasteiger partial charge in [0.25, 0.3) is 0 Å². The third kappa shape index (κ3) is 5.17. The summed E-state index contributed by atoms with van der Waals surface area (Å²) in [5, 5.41) is 0. The summed E-state index contributed by atoms with van der Waals surface area (Å²) in [5.41, 5.74) is 0.728. The monoisotopic (exact) mass is 420 g/mol. The van der Waals surface area contributed by atoms with Gasteiger partial charge in [0.1, 0.15) is 5.82 Å². The smallest absolute Gasteiger partial charge is 0.417 e. The van der Waals surface area contributed by atoms with E-state index in [1.54, 1.807) is 19.1 Å². The molecular formula is C22H23F3N2O3. The molecule has 1 aliphatic rings. The number of carbonyl (C=O) groups excluding carboxylic acids is 2. The van der Waals surface area contributed by atoms with Crippen molar-refractivity contribution in [1.29, 1.82) is 0 Å². The quantitative estimate of drug-likeness (QED) is 0.529. The molecule has 0 N–H and O–H groups in total. The molecule has 5 nitrogen and oxygen atoms in total. The van der Waals surface area contributed by atoms with Crippen molar-refractivity contribution in [2.75, 3.05) is 18.0 Å². The van der Waals surface area contributed by atoms with E-state index in [0.29, 0.717) is 37.3 Å². The van der Waals surface area contributed by atoms with E-state index in [0.717, 1.165) is 17.8 Å². The zero-order valence-electron chi connectivity index (χ0n) is 16.8. The number of hydrogen-bond donors (Lipinski definition) is 0. The lowest BCUT2D eigenvalue weighted by Gasteiger charge is -2.32. The molecule has 2 heterocycles. The summed E-state index contributed by atoms with van der Waals surface area (Å²) >= 11 is 0. The van der Waals surface area contributed by atoms with E-state index >= 15 is 0 Å². The van der Waals surface area contributed by atoms with Gasteiger partial charge in [-0.1, -0.05) is 29.8 Å². The van der Waals surface area contributed by atoms with Crippen molar-refractivity contribution in [1.82, 2.24) is 4.98 Å². The van der Waals surface area contributed by atoms with Gasteiger partial charge in [0, 0.05) is 24.8 Å². The number of hydrogen-bond acceptors (Lipinski definition) is 5. The maximum Gasteiger partial charge on any atom is 0.417 e. The normalized spacial score (nSPS) is 16.2. The molecule has 0 saturated carbocycles. The number of pyridine rings is 1. The van der Waals surface area contributed by atoms with Crippen molar-refractivity contribution in [2.45, 2.75) is 39.0 Å². The molecule has 3 rings (SSSR count). The Kier molecular flexibility index (Phi) is 6.43. The zero-order valence-corrected chi connectivity index (χ0v) is 16.8. The Bertz CT molecular complexity index is 887. The number of carbonyl (C=O) groups is 2. The zero-order chi connectivity index (χ0) is 21.9. The summed E-state index contributed by atoms with van der Waals surface area (Å²) in [4.78, 5) is 30.6. The van der Waals surface area contributed by atoms with Gasteiger partial charge in [-0.15, -0.1) is 0 Å². The third-order valence-electron chi connectivity index (χ3n) is 5.23. The number of ether oxygens (including phenoxy) is 1. The Labute approximate surface area is 172 Å². The van der Waals surface area contributed by atoms with Crippen molar-refractivity contribution in [2.24, 2.45) is 5.92 Å². The van der Waals surface area contributed by atoms with Gasteiger partial charge < -0.3 is 9.64 Å². The first-order chi connectivity index (χ1) is 14.1. The fourth-order valence-electron chi connectivity index (χ4n) is 3.36. The highest BCUT2D eigenvalue weighted by atomic mass is 19.4. The molecule has 160 valence electrons. The molecule has 0 aliphatic carbocycles. The van der Waals surface area contributed by atoms with Gasteiger partial charge in [0.05, 0.1) is 11.5 Å². The van der Waals surface area contributed by atoms with Gasteiger partial charge >= 0.3 is 12.1 Å². The summed E-state index contributed by atoms with van der Waals surface area (Å²) < 4.78 is 43.4. The third-order valence-corrected chi connectivity index (χ3v) is 5.23. The number of esters is 1. The van der Waals surface area contributed by atoms with Gasteiger partial charge in [0.15, 0.2) is 6.10 Å². The first-order valence-electron chi connectivity index (χ1n) is 9.74. The summed E-state index contributed by atoms with van der Waals surface area (Å²) in [5.74, 6) is -0.598. The molecular weight excluding hydrogens is 397 g/mol. The van der Waals surface area contributed by atoms with Crippen LogP contribution < -0.4 is 4.90 Å². The van der Waals surface area contributed by atoms with E-state index in [2.05, 4.69) is 4.98 Å². The van der Waals surface area contributed by atoms with Gasteiger partial charge in [-0.3, -0.25) is 9.59 Å². The first-order valence-corrected chi connectivity index (χ1v) is 9.74. The lowest BCUT2D eigenvalue weighted by Crippen LogP contribution is -2.38. The van der Waals surface area contributed by atoms with E-state index in [9.17, 15) is 22.8 Å². The lowest BCUT2D eigenvalue weighted by atomic mass is 9.96. The van der Waals surface area contributed by atoms with Crippen molar-refractivity contribution in [3.05, 3.63) is 59.3 Å². The van der Waals surface area contributed by atoms with Gasteiger partial charge in [-0.25, -0.2) is 4.98 Å². The second kappa shape index (κ2) is 8.85. The Hall–Kier alpha value is -2.90. The number of alkyl halides is 3. The number of nitrogens with zero attached hydrogens (tertiary/aromatic N) is 2. The minimum atomic E-state index is -4.42. The van der Waals surface area contributed by atoms with E-state index in [1.807, 2.05) is 24.0 Å². The van der Waals surface area contributed by atoms with E-state index in [-0.39, 0.29) is 11.7 Å². The summed E-state index contributed by atoms with van der Waals surface area (Å²) in [6.45, 7) is 4.42. The van der Waals surface area contributed by atoms with E-state index in [4.69, 9.17) is 4.74 Å². The Balaban J connectivity index is 1.52. The average molecular weight is 420 g/mol. The highest BCUT2D eigenvalue weighted by Gasteiger charge is 2.32. The lowest BCUT2D eigenvalue weighted by molar-refractivity contribution is -0.152. The molecule has 0 spiro atoms. The van der Waals surface area contributed by atoms with Crippen molar-refractivity contribution in [3.63, 3.8) is 0 Å². The Morgan fingerprint density at radius 1 is 1.10 bits per heavy atom. The van der Waals surface area contributed by atoms with Crippen LogP contribution in [-0.2, 0) is 15.7 Å². The number of piperidine rings is 1. The predicted molar refractivity (Wildman–Crippen MR) is 105 cm³/mol. The number of Topliss-reactive ketones (excluding diaryl/α,β-unsaturated/α-hetero) is 1. The number of aryl methyl sites for hydroxylation is 1. The SMILES string of the molecule is Cc1ccc(C(=O)[C@H](C)OC(=O)C2CCN(c3ccc(C(F)(F)F)cn3)CC2)cc1. The molecule has 0 unspecified atom stereocenters. The maximum atomic E-state index is 12.7. The fraction of sp³-hybridized carbons (Fsp3) is 0.409. The van der Waals surface area contributed by atoms with E-state index < -0.39 is 23.8 Å². The van der Waals surface area contributed by atoms with Crippen LogP contribution in [0.25, 0.3) is 0 Å². The van der Waals surface area contributed by atoms with Crippen LogP contribution >= 0.6 is 0 Å². The summed E-state index contributed by atoms with van der Waals surface area (Å²) in [7, 11) is 0. The number of anilines is 1. The molecule has 1 aliphatic heterocycles. The molecule has 1 saturated heterocycles. The van der Waals surface area contributed by atoms with Crippen LogP contribution in [0, 0.1) is 12.8 Å². The van der Waals surface area contributed by atoms with Gasteiger partial charge in [-0.2, -0.15) is 13.2 Å². The molecule has 2 aromatic rings. The van der Waals surface area contributed by atoms with Crippen LogP contribution in [0.4, 0.5) is 19.0 Å². The van der Waals surface area contributed by atoms with Gasteiger partial charge in [-0.05, 0) is 38.8 Å². The molecule has 1 aromatic heterocycles. The minimum Gasteiger partial charge on any atom is -0.454 e. The second-order valence-electron chi connectivity index (χ2n) is 7.47. The molecule has 30 heavy (non-hydrogen) atoms. The molecule has 8 heteroatoms. The van der Waals surface area contributed by atoms with Crippen LogP contribution in [-0.4, -0.2) is 35.9 Å². The highest BCUT2D eigenvalue weighted by molar-refractivity contribution is 6.00.